The summed E-state index contributed by atoms with van der Waals surface area (Å²) in [6.45, 7) is 8.31. The Morgan fingerprint density at radius 2 is 0.875 bits per heavy atom. The molecule has 7 aromatic rings. The van der Waals surface area contributed by atoms with Gasteiger partial charge in [0.25, 0.3) is 0 Å². The van der Waals surface area contributed by atoms with Crippen molar-refractivity contribution in [2.75, 3.05) is 0 Å². The van der Waals surface area contributed by atoms with E-state index in [0.717, 1.165) is 65.2 Å². The van der Waals surface area contributed by atoms with Crippen LogP contribution in [0.3, 0.4) is 0 Å². The van der Waals surface area contributed by atoms with Crippen LogP contribution in [0.1, 0.15) is 27.7 Å². The summed E-state index contributed by atoms with van der Waals surface area (Å²) in [6.07, 6.45) is 0. The van der Waals surface area contributed by atoms with Crippen LogP contribution < -0.4 is 32.8 Å². The van der Waals surface area contributed by atoms with Crippen molar-refractivity contribution < 1.29 is 9.31 Å². The average molecular weight is 606 g/mol. The van der Waals surface area contributed by atoms with Crippen LogP contribution in [0.4, 0.5) is 0 Å². The molecule has 218 valence electrons. The second-order valence-corrected chi connectivity index (χ2v) is 13.8. The Morgan fingerprint density at radius 1 is 0.438 bits per heavy atom. The highest BCUT2D eigenvalue weighted by atomic mass is 16.7. The van der Waals surface area contributed by atoms with E-state index in [4.69, 9.17) is 48.5 Å². The van der Waals surface area contributed by atoms with Crippen molar-refractivity contribution in [2.24, 2.45) is 0 Å². The highest BCUT2D eigenvalue weighted by molar-refractivity contribution is 6.69. The molecule has 0 amide bonds. The van der Waals surface area contributed by atoms with Gasteiger partial charge in [0.15, 0.2) is 0 Å². The summed E-state index contributed by atoms with van der Waals surface area (Å²) >= 11 is 0. The molecule has 8 rings (SSSR count). The molecule has 1 heterocycles. The third-order valence-corrected chi connectivity index (χ3v) is 10.6. The van der Waals surface area contributed by atoms with Gasteiger partial charge in [-0.15, -0.1) is 16.4 Å². The minimum absolute atomic E-state index is 0.196. The number of hydrogen-bond donors (Lipinski definition) is 0. The van der Waals surface area contributed by atoms with Crippen LogP contribution in [0.2, 0.25) is 0 Å². The van der Waals surface area contributed by atoms with Gasteiger partial charge in [-0.05, 0) is 105 Å². The predicted octanol–water partition coefficient (Wildman–Crippen LogP) is 3.90. The SMILES string of the molecule is [B]c1c([B])c([B])c(-c2c3ccccc3c(-c3cc4cc(B5OC(C)(C)C(C)(C)O5)ccc4c4ccccc34)c3ccccc23)c([B])c1[B]. The lowest BCUT2D eigenvalue weighted by molar-refractivity contribution is 0.00578. The van der Waals surface area contributed by atoms with Gasteiger partial charge in [0.1, 0.15) is 39.2 Å². The van der Waals surface area contributed by atoms with Crippen molar-refractivity contribution >= 4 is 122 Å². The minimum Gasteiger partial charge on any atom is -0.399 e. The lowest BCUT2D eigenvalue weighted by Crippen LogP contribution is -2.55. The second-order valence-electron chi connectivity index (χ2n) is 13.8. The molecule has 7 aromatic carbocycles. The van der Waals surface area contributed by atoms with E-state index < -0.39 is 18.3 Å². The van der Waals surface area contributed by atoms with Crippen LogP contribution in [0.15, 0.2) is 97.1 Å². The highest BCUT2D eigenvalue weighted by Crippen LogP contribution is 2.46. The van der Waals surface area contributed by atoms with Gasteiger partial charge in [0.2, 0.25) is 0 Å². The molecule has 10 radical (unpaired) electrons. The van der Waals surface area contributed by atoms with Crippen molar-refractivity contribution in [1.82, 2.24) is 0 Å². The van der Waals surface area contributed by atoms with Crippen molar-refractivity contribution in [3.8, 4) is 22.3 Å². The zero-order chi connectivity index (χ0) is 33.7. The number of hydrogen-bond acceptors (Lipinski definition) is 2. The van der Waals surface area contributed by atoms with E-state index in [0.29, 0.717) is 16.5 Å². The molecule has 0 spiro atoms. The van der Waals surface area contributed by atoms with E-state index in [2.05, 4.69) is 113 Å². The quantitative estimate of drug-likeness (QED) is 0.173. The van der Waals surface area contributed by atoms with Gasteiger partial charge < -0.3 is 9.31 Å². The molecular weight excluding hydrogens is 577 g/mol. The van der Waals surface area contributed by atoms with Crippen molar-refractivity contribution in [2.45, 2.75) is 38.9 Å². The fraction of sp³-hybridized carbons (Fsp3) is 0.150. The summed E-state index contributed by atoms with van der Waals surface area (Å²) < 4.78 is 12.9. The summed E-state index contributed by atoms with van der Waals surface area (Å²) in [7, 11) is 31.9. The first-order valence-corrected chi connectivity index (χ1v) is 16.2. The molecule has 0 N–H and O–H groups in total. The van der Waals surface area contributed by atoms with Gasteiger partial charge in [-0.1, -0.05) is 102 Å². The van der Waals surface area contributed by atoms with Crippen LogP contribution in [0.5, 0.6) is 0 Å². The van der Waals surface area contributed by atoms with Crippen LogP contribution in [0, 0.1) is 0 Å². The third kappa shape index (κ3) is 4.49. The first-order valence-electron chi connectivity index (χ1n) is 16.2. The molecule has 0 aliphatic carbocycles. The zero-order valence-electron chi connectivity index (χ0n) is 27.5. The Balaban J connectivity index is 1.47. The van der Waals surface area contributed by atoms with Gasteiger partial charge >= 0.3 is 7.12 Å². The third-order valence-electron chi connectivity index (χ3n) is 10.6. The molecule has 0 bridgehead atoms. The first kappa shape index (κ1) is 31.2. The van der Waals surface area contributed by atoms with Crippen LogP contribution >= 0.6 is 0 Å². The predicted molar refractivity (Wildman–Crippen MR) is 210 cm³/mol. The van der Waals surface area contributed by atoms with Crippen LogP contribution in [-0.4, -0.2) is 57.6 Å². The molecule has 1 aliphatic rings. The van der Waals surface area contributed by atoms with Crippen LogP contribution in [-0.2, 0) is 9.31 Å². The molecule has 1 saturated heterocycles. The van der Waals surface area contributed by atoms with Gasteiger partial charge in [-0.2, -0.15) is 0 Å². The summed E-state index contributed by atoms with van der Waals surface area (Å²) in [5.74, 6) is 0. The maximum atomic E-state index is 6.69. The Hall–Kier alpha value is -4.11. The fourth-order valence-electron chi connectivity index (χ4n) is 7.27. The second kappa shape index (κ2) is 11.0. The minimum atomic E-state index is -0.467. The van der Waals surface area contributed by atoms with Gasteiger partial charge in [-0.25, -0.2) is 0 Å². The molecule has 48 heavy (non-hydrogen) atoms. The summed E-state index contributed by atoms with van der Waals surface area (Å²) in [6, 6.07) is 34.0. The molecule has 1 aliphatic heterocycles. The maximum Gasteiger partial charge on any atom is 0.494 e. The van der Waals surface area contributed by atoms with Crippen molar-refractivity contribution in [3.63, 3.8) is 0 Å². The zero-order valence-corrected chi connectivity index (χ0v) is 27.5. The standard InChI is InChI=1S/C40H28B6O2/c1-39(2)40(3,4)48-46(47-39)22-17-18-23-21(19-22)20-30(25-12-6-5-11-24(23)25)31-26-13-7-9-15-28(26)32(29-16-10-8-14-27(29)31)33-34(41)36(43)38(45)37(44)35(33)42/h5-20H,1-4H3. The van der Waals surface area contributed by atoms with E-state index >= 15 is 0 Å². The maximum absolute atomic E-state index is 6.69. The Morgan fingerprint density at radius 3 is 1.40 bits per heavy atom. The normalized spacial score (nSPS) is 15.6. The monoisotopic (exact) mass is 606 g/mol. The molecule has 2 nitrogen and oxygen atoms in total. The topological polar surface area (TPSA) is 18.5 Å². The number of rotatable bonds is 3. The molecule has 1 fully saturated rings. The lowest BCUT2D eigenvalue weighted by Gasteiger charge is -2.32. The van der Waals surface area contributed by atoms with Gasteiger partial charge in [0.05, 0.1) is 11.2 Å². The van der Waals surface area contributed by atoms with E-state index in [-0.39, 0.29) is 16.4 Å². The van der Waals surface area contributed by atoms with Crippen molar-refractivity contribution in [1.29, 1.82) is 0 Å². The van der Waals surface area contributed by atoms with E-state index in [1.807, 2.05) is 12.1 Å². The Kier molecular flexibility index (Phi) is 7.11. The molecule has 0 atom stereocenters. The van der Waals surface area contributed by atoms with E-state index in [1.54, 1.807) is 0 Å². The van der Waals surface area contributed by atoms with Gasteiger partial charge in [0, 0.05) is 0 Å². The molecule has 8 heteroatoms. The summed E-state index contributed by atoms with van der Waals surface area (Å²) in [5, 5.41) is 8.61. The fourth-order valence-corrected chi connectivity index (χ4v) is 7.27. The van der Waals surface area contributed by atoms with Gasteiger partial charge in [-0.3, -0.25) is 0 Å². The van der Waals surface area contributed by atoms with E-state index in [1.165, 1.54) is 0 Å². The summed E-state index contributed by atoms with van der Waals surface area (Å²) in [4.78, 5) is 0. The smallest absolute Gasteiger partial charge is 0.399 e. The lowest BCUT2D eigenvalue weighted by atomic mass is 9.59. The largest absolute Gasteiger partial charge is 0.494 e. The molecule has 0 unspecified atom stereocenters. The Labute approximate surface area is 288 Å². The van der Waals surface area contributed by atoms with Crippen molar-refractivity contribution in [3.05, 3.63) is 97.1 Å². The average Bonchev–Trinajstić information content (AvgIpc) is 3.31. The van der Waals surface area contributed by atoms with Crippen LogP contribution in [0.25, 0.3) is 65.3 Å². The highest BCUT2D eigenvalue weighted by Gasteiger charge is 2.51. The summed E-state index contributed by atoms with van der Waals surface area (Å²) in [5.41, 5.74) is 5.07. The molecular formula is C40H28B6O2. The molecule has 0 aromatic heterocycles. The number of fused-ring (bicyclic) bond motifs is 5. The number of benzene rings is 7. The van der Waals surface area contributed by atoms with E-state index in [9.17, 15) is 0 Å². The Bertz CT molecular complexity index is 2380. The molecule has 0 saturated carbocycles. The first-order chi connectivity index (χ1) is 22.9.